The Kier molecular flexibility index (Phi) is 5.86. The lowest BCUT2D eigenvalue weighted by Crippen LogP contribution is -2.35. The van der Waals surface area contributed by atoms with Crippen molar-refractivity contribution in [1.82, 2.24) is 10.2 Å². The summed E-state index contributed by atoms with van der Waals surface area (Å²) in [6.45, 7) is 0.186. The molecule has 0 saturated carbocycles. The zero-order chi connectivity index (χ0) is 16.7. The Bertz CT molecular complexity index is 743. The van der Waals surface area contributed by atoms with E-state index in [1.807, 2.05) is 54.6 Å². The maximum atomic E-state index is 11.5. The van der Waals surface area contributed by atoms with Crippen molar-refractivity contribution in [2.24, 2.45) is 0 Å². The van der Waals surface area contributed by atoms with Gasteiger partial charge in [0.2, 0.25) is 10.0 Å². The summed E-state index contributed by atoms with van der Waals surface area (Å²) in [5.74, 6) is -1.76. The van der Waals surface area contributed by atoms with Crippen LogP contribution in [0.15, 0.2) is 54.6 Å². The number of sulfonamides is 1. The van der Waals surface area contributed by atoms with Crippen molar-refractivity contribution >= 4 is 15.9 Å². The molecule has 122 valence electrons. The lowest BCUT2D eigenvalue weighted by atomic mass is 10.0. The summed E-state index contributed by atoms with van der Waals surface area (Å²) in [6.07, 6.45) is 0.509. The Labute approximate surface area is 135 Å². The van der Waals surface area contributed by atoms with Crippen LogP contribution < -0.4 is 10.2 Å². The van der Waals surface area contributed by atoms with Gasteiger partial charge in [-0.1, -0.05) is 54.6 Å². The number of benzene rings is 2. The topological polar surface area (TPSA) is 95.5 Å². The number of hydrogen-bond donors (Lipinski definition) is 3. The van der Waals surface area contributed by atoms with Gasteiger partial charge in [-0.2, -0.15) is 0 Å². The quantitative estimate of drug-likeness (QED) is 0.526. The molecule has 1 amide bonds. The van der Waals surface area contributed by atoms with E-state index in [4.69, 9.17) is 5.21 Å². The number of amides is 1. The first-order chi connectivity index (χ1) is 11.0. The SMILES string of the molecule is O=C(CS(=O)(=O)NCCc1ccc(-c2ccccc2)cc1)NO. The van der Waals surface area contributed by atoms with Gasteiger partial charge in [-0.25, -0.2) is 18.6 Å². The third kappa shape index (κ3) is 5.48. The molecular formula is C16H18N2O4S. The number of carbonyl (C=O) groups is 1. The maximum absolute atomic E-state index is 11.5. The minimum atomic E-state index is -3.74. The van der Waals surface area contributed by atoms with E-state index >= 15 is 0 Å². The van der Waals surface area contributed by atoms with E-state index in [0.717, 1.165) is 16.7 Å². The van der Waals surface area contributed by atoms with E-state index in [1.54, 1.807) is 0 Å². The van der Waals surface area contributed by atoms with E-state index in [-0.39, 0.29) is 6.54 Å². The Morgan fingerprint density at radius 3 is 2.17 bits per heavy atom. The van der Waals surface area contributed by atoms with Gasteiger partial charge in [-0.15, -0.1) is 0 Å². The molecule has 6 nitrogen and oxygen atoms in total. The molecule has 2 aromatic carbocycles. The molecule has 2 rings (SSSR count). The molecule has 0 heterocycles. The van der Waals surface area contributed by atoms with Crippen molar-refractivity contribution in [3.8, 4) is 11.1 Å². The second-order valence-electron chi connectivity index (χ2n) is 5.00. The van der Waals surface area contributed by atoms with Gasteiger partial charge in [0.15, 0.2) is 0 Å². The van der Waals surface area contributed by atoms with Gasteiger partial charge in [0.25, 0.3) is 5.91 Å². The minimum Gasteiger partial charge on any atom is -0.289 e. The van der Waals surface area contributed by atoms with Crippen molar-refractivity contribution in [2.75, 3.05) is 12.3 Å². The van der Waals surface area contributed by atoms with E-state index < -0.39 is 21.7 Å². The lowest BCUT2D eigenvalue weighted by molar-refractivity contribution is -0.126. The van der Waals surface area contributed by atoms with Crippen LogP contribution in [0.3, 0.4) is 0 Å². The largest absolute Gasteiger partial charge is 0.289 e. The van der Waals surface area contributed by atoms with Crippen LogP contribution in [0.1, 0.15) is 5.56 Å². The van der Waals surface area contributed by atoms with Gasteiger partial charge in [0, 0.05) is 6.54 Å². The summed E-state index contributed by atoms with van der Waals surface area (Å²) in [6, 6.07) is 17.8. The molecular weight excluding hydrogens is 316 g/mol. The predicted octanol–water partition coefficient (Wildman–Crippen LogP) is 1.32. The fraction of sp³-hybridized carbons (Fsp3) is 0.188. The molecule has 0 radical (unpaired) electrons. The zero-order valence-electron chi connectivity index (χ0n) is 12.4. The van der Waals surface area contributed by atoms with Gasteiger partial charge in [-0.3, -0.25) is 10.0 Å². The smallest absolute Gasteiger partial charge is 0.259 e. The highest BCUT2D eigenvalue weighted by molar-refractivity contribution is 7.90. The first-order valence-electron chi connectivity index (χ1n) is 7.05. The molecule has 0 bridgehead atoms. The number of hydrogen-bond acceptors (Lipinski definition) is 4. The summed E-state index contributed by atoms with van der Waals surface area (Å²) < 4.78 is 25.4. The summed E-state index contributed by atoms with van der Waals surface area (Å²) in [5, 5.41) is 8.33. The summed E-state index contributed by atoms with van der Waals surface area (Å²) >= 11 is 0. The number of rotatable bonds is 7. The molecule has 0 aliphatic rings. The molecule has 3 N–H and O–H groups in total. The lowest BCUT2D eigenvalue weighted by Gasteiger charge is -2.07. The van der Waals surface area contributed by atoms with Crippen molar-refractivity contribution in [3.63, 3.8) is 0 Å². The van der Waals surface area contributed by atoms with E-state index in [1.165, 1.54) is 5.48 Å². The normalized spacial score (nSPS) is 11.2. The van der Waals surface area contributed by atoms with Crippen LogP contribution in [0.2, 0.25) is 0 Å². The van der Waals surface area contributed by atoms with Crippen molar-refractivity contribution in [3.05, 3.63) is 60.2 Å². The predicted molar refractivity (Wildman–Crippen MR) is 87.3 cm³/mol. The molecule has 0 aromatic heterocycles. The molecule has 2 aromatic rings. The Morgan fingerprint density at radius 2 is 1.57 bits per heavy atom. The van der Waals surface area contributed by atoms with Crippen LogP contribution >= 0.6 is 0 Å². The molecule has 23 heavy (non-hydrogen) atoms. The second kappa shape index (κ2) is 7.87. The monoisotopic (exact) mass is 334 g/mol. The summed E-state index contributed by atoms with van der Waals surface area (Å²) in [4.78, 5) is 10.9. The standard InChI is InChI=1S/C16H18N2O4S/c19-16(18-20)12-23(21,22)17-11-10-13-6-8-15(9-7-13)14-4-2-1-3-5-14/h1-9,17,20H,10-12H2,(H,18,19). The number of hydroxylamine groups is 1. The van der Waals surface area contributed by atoms with Crippen molar-refractivity contribution in [2.45, 2.75) is 6.42 Å². The Morgan fingerprint density at radius 1 is 0.957 bits per heavy atom. The van der Waals surface area contributed by atoms with Crippen LogP contribution in [0.5, 0.6) is 0 Å². The highest BCUT2D eigenvalue weighted by atomic mass is 32.2. The van der Waals surface area contributed by atoms with Crippen molar-refractivity contribution < 1.29 is 18.4 Å². The zero-order valence-corrected chi connectivity index (χ0v) is 13.2. The molecule has 0 spiro atoms. The summed E-state index contributed by atoms with van der Waals surface area (Å²) in [7, 11) is -3.74. The molecule has 7 heteroatoms. The highest BCUT2D eigenvalue weighted by Crippen LogP contribution is 2.19. The van der Waals surface area contributed by atoms with E-state index in [0.29, 0.717) is 6.42 Å². The van der Waals surface area contributed by atoms with Gasteiger partial charge >= 0.3 is 0 Å². The molecule has 0 unspecified atom stereocenters. The molecule has 0 saturated heterocycles. The first kappa shape index (κ1) is 17.1. The van der Waals surface area contributed by atoms with Gasteiger partial charge in [0.05, 0.1) is 0 Å². The average molecular weight is 334 g/mol. The van der Waals surface area contributed by atoms with Crippen LogP contribution in [0, 0.1) is 0 Å². The molecule has 0 aliphatic heterocycles. The van der Waals surface area contributed by atoms with Gasteiger partial charge < -0.3 is 0 Å². The number of nitrogens with one attached hydrogen (secondary N) is 2. The summed E-state index contributed by atoms with van der Waals surface area (Å²) in [5.41, 5.74) is 4.49. The van der Waals surface area contributed by atoms with Crippen LogP contribution in [0.4, 0.5) is 0 Å². The Hall–Kier alpha value is -2.22. The first-order valence-corrected chi connectivity index (χ1v) is 8.70. The highest BCUT2D eigenvalue weighted by Gasteiger charge is 2.15. The minimum absolute atomic E-state index is 0.186. The van der Waals surface area contributed by atoms with Crippen LogP contribution in [0.25, 0.3) is 11.1 Å². The van der Waals surface area contributed by atoms with E-state index in [2.05, 4.69) is 4.72 Å². The average Bonchev–Trinajstić information content (AvgIpc) is 2.55. The van der Waals surface area contributed by atoms with E-state index in [9.17, 15) is 13.2 Å². The second-order valence-corrected chi connectivity index (χ2v) is 6.81. The molecule has 0 atom stereocenters. The molecule has 0 aliphatic carbocycles. The third-order valence-corrected chi connectivity index (χ3v) is 4.53. The fourth-order valence-electron chi connectivity index (χ4n) is 2.10. The van der Waals surface area contributed by atoms with Crippen molar-refractivity contribution in [1.29, 1.82) is 0 Å². The Balaban J connectivity index is 1.88. The maximum Gasteiger partial charge on any atom is 0.259 e. The van der Waals surface area contributed by atoms with Crippen LogP contribution in [-0.2, 0) is 21.2 Å². The molecule has 0 fully saturated rings. The number of carbonyl (C=O) groups excluding carboxylic acids is 1. The third-order valence-electron chi connectivity index (χ3n) is 3.24. The van der Waals surface area contributed by atoms with Gasteiger partial charge in [0.1, 0.15) is 5.75 Å². The fourth-order valence-corrected chi connectivity index (χ4v) is 3.03. The van der Waals surface area contributed by atoms with Crippen LogP contribution in [-0.4, -0.2) is 31.8 Å². The van der Waals surface area contributed by atoms with Gasteiger partial charge in [-0.05, 0) is 23.1 Å².